The molecular weight excluding hydrogens is 228 g/mol. The lowest BCUT2D eigenvalue weighted by Crippen LogP contribution is -2.07. The van der Waals surface area contributed by atoms with Crippen molar-refractivity contribution < 1.29 is 0 Å². The highest BCUT2D eigenvalue weighted by Crippen LogP contribution is 2.06. The third kappa shape index (κ3) is 2.57. The first-order chi connectivity index (χ1) is 7.92. The molecule has 7 heteroatoms. The van der Waals surface area contributed by atoms with Gasteiger partial charge in [0.2, 0.25) is 0 Å². The van der Waals surface area contributed by atoms with Crippen molar-refractivity contribution in [1.82, 2.24) is 25.0 Å². The molecule has 0 bridgehead atoms. The van der Waals surface area contributed by atoms with Crippen LogP contribution in [0.3, 0.4) is 0 Å². The summed E-state index contributed by atoms with van der Waals surface area (Å²) in [6.45, 7) is 0.873. The average molecular weight is 241 g/mol. The maximum atomic E-state index is 5.60. The van der Waals surface area contributed by atoms with Crippen molar-refractivity contribution in [3.8, 4) is 0 Å². The number of tetrazole rings is 1. The molecule has 86 valence electrons. The number of fused-ring (bicyclic) bond motifs is 1. The third-order valence-corrected chi connectivity index (χ3v) is 2.49. The van der Waals surface area contributed by atoms with Gasteiger partial charge in [-0.2, -0.15) is 4.52 Å². The first-order valence-corrected chi connectivity index (χ1v) is 5.77. The van der Waals surface area contributed by atoms with Gasteiger partial charge in [0.05, 0.1) is 12.4 Å². The largest absolute Gasteiger partial charge is 0.369 e. The first-order valence-electron chi connectivity index (χ1n) is 5.24. The molecule has 0 saturated carbocycles. The number of rotatable bonds is 6. The van der Waals surface area contributed by atoms with E-state index < -0.39 is 0 Å². The van der Waals surface area contributed by atoms with Crippen molar-refractivity contribution in [2.45, 2.75) is 19.3 Å². The number of alkyl halides is 1. The van der Waals surface area contributed by atoms with Gasteiger partial charge < -0.3 is 5.32 Å². The van der Waals surface area contributed by atoms with Crippen LogP contribution in [-0.4, -0.2) is 37.4 Å². The molecule has 2 aromatic rings. The zero-order valence-corrected chi connectivity index (χ0v) is 9.56. The lowest BCUT2D eigenvalue weighted by atomic mass is 10.2. The predicted molar refractivity (Wildman–Crippen MR) is 61.6 cm³/mol. The van der Waals surface area contributed by atoms with Gasteiger partial charge in [-0.3, -0.25) is 4.98 Å². The lowest BCUT2D eigenvalue weighted by molar-refractivity contribution is 0.739. The molecule has 2 aromatic heterocycles. The van der Waals surface area contributed by atoms with Crippen LogP contribution in [-0.2, 0) is 0 Å². The number of halogens is 1. The second kappa shape index (κ2) is 5.60. The van der Waals surface area contributed by atoms with Gasteiger partial charge in [-0.05, 0) is 23.3 Å². The van der Waals surface area contributed by atoms with Gasteiger partial charge in [-0.25, -0.2) is 0 Å². The van der Waals surface area contributed by atoms with E-state index in [4.69, 9.17) is 11.6 Å². The van der Waals surface area contributed by atoms with E-state index in [-0.39, 0.29) is 0 Å². The summed E-state index contributed by atoms with van der Waals surface area (Å²) >= 11 is 5.60. The monoisotopic (exact) mass is 240 g/mol. The molecule has 2 rings (SSSR count). The molecule has 0 amide bonds. The molecule has 6 nitrogen and oxygen atoms in total. The fraction of sp³-hybridized carbons (Fsp3) is 0.556. The zero-order chi connectivity index (χ0) is 11.2. The molecule has 0 spiro atoms. The van der Waals surface area contributed by atoms with Crippen LogP contribution >= 0.6 is 11.6 Å². The zero-order valence-electron chi connectivity index (χ0n) is 8.80. The molecule has 0 unspecified atom stereocenters. The van der Waals surface area contributed by atoms with E-state index in [1.54, 1.807) is 16.9 Å². The highest BCUT2D eigenvalue weighted by atomic mass is 35.5. The van der Waals surface area contributed by atoms with Crippen LogP contribution in [0, 0.1) is 0 Å². The molecular formula is C9H13ClN6. The smallest absolute Gasteiger partial charge is 0.199 e. The molecule has 0 aliphatic carbocycles. The molecule has 1 N–H and O–H groups in total. The minimum Gasteiger partial charge on any atom is -0.369 e. The van der Waals surface area contributed by atoms with Crippen LogP contribution in [0.15, 0.2) is 12.4 Å². The van der Waals surface area contributed by atoms with Crippen LogP contribution in [0.4, 0.5) is 5.82 Å². The van der Waals surface area contributed by atoms with Gasteiger partial charge in [0.1, 0.15) is 5.82 Å². The summed E-state index contributed by atoms with van der Waals surface area (Å²) in [6, 6.07) is 0. The van der Waals surface area contributed by atoms with Crippen molar-refractivity contribution in [2.24, 2.45) is 0 Å². The van der Waals surface area contributed by atoms with Crippen LogP contribution in [0.2, 0.25) is 0 Å². The Morgan fingerprint density at radius 1 is 1.25 bits per heavy atom. The lowest BCUT2D eigenvalue weighted by Gasteiger charge is -2.05. The predicted octanol–water partition coefficient (Wildman–Crippen LogP) is 1.34. The van der Waals surface area contributed by atoms with Crippen LogP contribution in [0.1, 0.15) is 19.3 Å². The van der Waals surface area contributed by atoms with E-state index in [1.807, 2.05) is 0 Å². The van der Waals surface area contributed by atoms with Gasteiger partial charge in [0, 0.05) is 12.4 Å². The number of nitrogens with zero attached hydrogens (tertiary/aromatic N) is 5. The Morgan fingerprint density at radius 3 is 3.06 bits per heavy atom. The second-order valence-electron chi connectivity index (χ2n) is 3.42. The number of anilines is 1. The van der Waals surface area contributed by atoms with E-state index in [0.29, 0.717) is 5.65 Å². The Hall–Kier alpha value is -1.43. The molecule has 0 radical (unpaired) electrons. The Balaban J connectivity index is 1.91. The van der Waals surface area contributed by atoms with Gasteiger partial charge in [-0.15, -0.1) is 16.7 Å². The van der Waals surface area contributed by atoms with Gasteiger partial charge >= 0.3 is 0 Å². The van der Waals surface area contributed by atoms with E-state index in [2.05, 4.69) is 25.8 Å². The molecule has 2 heterocycles. The number of hydrogen-bond acceptors (Lipinski definition) is 5. The fourth-order valence-electron chi connectivity index (χ4n) is 1.41. The fourth-order valence-corrected chi connectivity index (χ4v) is 1.60. The number of hydrogen-bond donors (Lipinski definition) is 1. The summed E-state index contributed by atoms with van der Waals surface area (Å²) in [5, 5.41) is 14.5. The first kappa shape index (κ1) is 11.1. The number of nitrogens with one attached hydrogen (secondary N) is 1. The summed E-state index contributed by atoms with van der Waals surface area (Å²) in [6.07, 6.45) is 6.58. The van der Waals surface area contributed by atoms with Crippen molar-refractivity contribution in [1.29, 1.82) is 0 Å². The minimum absolute atomic E-state index is 0.644. The molecule has 0 saturated heterocycles. The maximum absolute atomic E-state index is 5.60. The SMILES string of the molecule is ClCCCCCNc1cncc2nnnn12. The quantitative estimate of drug-likeness (QED) is 0.610. The Bertz CT molecular complexity index is 442. The van der Waals surface area contributed by atoms with Gasteiger partial charge in [0.25, 0.3) is 0 Å². The highest BCUT2D eigenvalue weighted by molar-refractivity contribution is 6.17. The van der Waals surface area contributed by atoms with Crippen molar-refractivity contribution in [2.75, 3.05) is 17.7 Å². The van der Waals surface area contributed by atoms with Gasteiger partial charge in [-0.1, -0.05) is 6.42 Å². The minimum atomic E-state index is 0.644. The normalized spacial score (nSPS) is 10.8. The van der Waals surface area contributed by atoms with E-state index >= 15 is 0 Å². The summed E-state index contributed by atoms with van der Waals surface area (Å²) < 4.78 is 1.63. The molecule has 16 heavy (non-hydrogen) atoms. The van der Waals surface area contributed by atoms with Crippen molar-refractivity contribution in [3.05, 3.63) is 12.4 Å². The summed E-state index contributed by atoms with van der Waals surface area (Å²) in [5.41, 5.74) is 0.644. The van der Waals surface area contributed by atoms with Gasteiger partial charge in [0.15, 0.2) is 5.65 Å². The summed E-state index contributed by atoms with van der Waals surface area (Å²) in [7, 11) is 0. The van der Waals surface area contributed by atoms with Crippen molar-refractivity contribution >= 4 is 23.1 Å². The van der Waals surface area contributed by atoms with E-state index in [1.165, 1.54) is 0 Å². The van der Waals surface area contributed by atoms with E-state index in [0.717, 1.165) is 37.5 Å². The average Bonchev–Trinajstić information content (AvgIpc) is 2.77. The molecule has 0 atom stereocenters. The Labute approximate surface area is 98.0 Å². The topological polar surface area (TPSA) is 68.0 Å². The third-order valence-electron chi connectivity index (χ3n) is 2.23. The maximum Gasteiger partial charge on any atom is 0.199 e. The molecule has 0 fully saturated rings. The highest BCUT2D eigenvalue weighted by Gasteiger charge is 2.02. The molecule has 0 aliphatic heterocycles. The van der Waals surface area contributed by atoms with E-state index in [9.17, 15) is 0 Å². The van der Waals surface area contributed by atoms with Crippen LogP contribution in [0.5, 0.6) is 0 Å². The second-order valence-corrected chi connectivity index (χ2v) is 3.80. The standard InChI is InChI=1S/C9H13ClN6/c10-4-2-1-3-5-12-8-6-11-7-9-13-14-15-16(8)9/h6-7,12H,1-5H2. The molecule has 0 aliphatic rings. The molecule has 0 aromatic carbocycles. The number of unbranched alkanes of at least 4 members (excludes halogenated alkanes) is 2. The van der Waals surface area contributed by atoms with Crippen LogP contribution in [0.25, 0.3) is 5.65 Å². The van der Waals surface area contributed by atoms with Crippen LogP contribution < -0.4 is 5.32 Å². The summed E-state index contributed by atoms with van der Waals surface area (Å²) in [4.78, 5) is 4.05. The Kier molecular flexibility index (Phi) is 3.87. The number of aromatic nitrogens is 5. The summed E-state index contributed by atoms with van der Waals surface area (Å²) in [5.74, 6) is 1.54. The van der Waals surface area contributed by atoms with Crippen molar-refractivity contribution in [3.63, 3.8) is 0 Å². The Morgan fingerprint density at radius 2 is 2.19 bits per heavy atom.